The van der Waals surface area contributed by atoms with Gasteiger partial charge in [0.25, 0.3) is 5.91 Å². The topological polar surface area (TPSA) is 69.6 Å². The van der Waals surface area contributed by atoms with Crippen LogP contribution in [0.5, 0.6) is 0 Å². The molecule has 3 aromatic carbocycles. The van der Waals surface area contributed by atoms with Crippen LogP contribution in [-0.4, -0.2) is 28.5 Å². The van der Waals surface area contributed by atoms with Gasteiger partial charge < -0.3 is 10.4 Å². The lowest BCUT2D eigenvalue weighted by Gasteiger charge is -2.28. The maximum atomic E-state index is 14.0. The molecule has 30 heavy (non-hydrogen) atoms. The summed E-state index contributed by atoms with van der Waals surface area (Å²) in [5, 5.41) is 13.2. The molecule has 1 atom stereocenters. The molecule has 3 aromatic rings. The van der Waals surface area contributed by atoms with Gasteiger partial charge in [-0.1, -0.05) is 66.7 Å². The summed E-state index contributed by atoms with van der Waals surface area (Å²) in [5.74, 6) is -2.54. The fourth-order valence-corrected chi connectivity index (χ4v) is 3.77. The highest BCUT2D eigenvalue weighted by atomic mass is 19.1. The second-order valence-corrected chi connectivity index (χ2v) is 6.98. The highest BCUT2D eigenvalue weighted by Gasteiger charge is 2.54. The number of hydrogen-bond acceptors (Lipinski definition) is 3. The van der Waals surface area contributed by atoms with Crippen LogP contribution in [0.25, 0.3) is 0 Å². The molecule has 4 rings (SSSR count). The van der Waals surface area contributed by atoms with E-state index in [-0.39, 0.29) is 0 Å². The number of carbonyl (C=O) groups excluding carboxylic acids is 2. The van der Waals surface area contributed by atoms with E-state index >= 15 is 0 Å². The number of halogens is 2. The summed E-state index contributed by atoms with van der Waals surface area (Å²) in [7, 11) is 0. The third-order valence-electron chi connectivity index (χ3n) is 5.21. The summed E-state index contributed by atoms with van der Waals surface area (Å²) >= 11 is 0. The van der Waals surface area contributed by atoms with Crippen molar-refractivity contribution in [2.75, 3.05) is 6.54 Å². The number of rotatable bonds is 5. The smallest absolute Gasteiger partial charge is 0.325 e. The molecule has 1 saturated heterocycles. The molecule has 7 heteroatoms. The Morgan fingerprint density at radius 1 is 0.833 bits per heavy atom. The number of aliphatic hydroxyl groups is 1. The number of β-amino-alcohol motifs (C(OH)–C–C–N with tert-alkyl or cyclic N) is 1. The van der Waals surface area contributed by atoms with Gasteiger partial charge in [0.1, 0.15) is 17.7 Å². The number of benzene rings is 3. The molecule has 152 valence electrons. The first-order chi connectivity index (χ1) is 14.4. The Balaban J connectivity index is 1.74. The molecule has 0 spiro atoms. The molecular weight excluding hydrogens is 390 g/mol. The van der Waals surface area contributed by atoms with E-state index in [2.05, 4.69) is 5.32 Å². The minimum atomic E-state index is -1.72. The van der Waals surface area contributed by atoms with E-state index in [1.54, 1.807) is 60.7 Å². The summed E-state index contributed by atoms with van der Waals surface area (Å²) in [6.45, 7) is -0.593. The van der Waals surface area contributed by atoms with Crippen LogP contribution in [0.3, 0.4) is 0 Å². The molecule has 0 aromatic heterocycles. The summed E-state index contributed by atoms with van der Waals surface area (Å²) in [4.78, 5) is 27.1. The predicted molar refractivity (Wildman–Crippen MR) is 105 cm³/mol. The average Bonchev–Trinajstić information content (AvgIpc) is 3.00. The molecule has 3 amide bonds. The Morgan fingerprint density at radius 3 is 1.83 bits per heavy atom. The van der Waals surface area contributed by atoms with Gasteiger partial charge in [-0.2, -0.15) is 0 Å². The van der Waals surface area contributed by atoms with E-state index in [0.29, 0.717) is 11.1 Å². The van der Waals surface area contributed by atoms with Gasteiger partial charge >= 0.3 is 6.03 Å². The van der Waals surface area contributed by atoms with E-state index < -0.39 is 47.3 Å². The molecule has 5 nitrogen and oxygen atoms in total. The second kappa shape index (κ2) is 7.68. The maximum absolute atomic E-state index is 14.0. The van der Waals surface area contributed by atoms with E-state index in [4.69, 9.17) is 0 Å². The molecule has 1 fully saturated rings. The molecule has 0 saturated carbocycles. The van der Waals surface area contributed by atoms with Crippen LogP contribution in [0.4, 0.5) is 13.6 Å². The molecule has 0 aliphatic carbocycles. The zero-order chi connectivity index (χ0) is 21.3. The van der Waals surface area contributed by atoms with Gasteiger partial charge in [-0.05, 0) is 23.3 Å². The van der Waals surface area contributed by atoms with Crippen molar-refractivity contribution in [3.8, 4) is 0 Å². The fourth-order valence-electron chi connectivity index (χ4n) is 3.77. The van der Waals surface area contributed by atoms with Gasteiger partial charge in [0, 0.05) is 0 Å². The van der Waals surface area contributed by atoms with Gasteiger partial charge in [0.15, 0.2) is 5.54 Å². The van der Waals surface area contributed by atoms with Crippen molar-refractivity contribution in [3.63, 3.8) is 0 Å². The third kappa shape index (κ3) is 3.13. The van der Waals surface area contributed by atoms with E-state index in [1.807, 2.05) is 0 Å². The number of urea groups is 1. The first-order valence-corrected chi connectivity index (χ1v) is 9.32. The largest absolute Gasteiger partial charge is 0.386 e. The maximum Gasteiger partial charge on any atom is 0.325 e. The summed E-state index contributed by atoms with van der Waals surface area (Å²) in [6, 6.07) is 19.8. The van der Waals surface area contributed by atoms with Crippen molar-refractivity contribution >= 4 is 11.9 Å². The van der Waals surface area contributed by atoms with Crippen molar-refractivity contribution < 1.29 is 23.5 Å². The predicted octanol–water partition coefficient (Wildman–Crippen LogP) is 3.49. The molecule has 1 aliphatic heterocycles. The SMILES string of the molecule is O=C1NC(c2ccccc2)(c2ccccc2)C(=O)N1CC(O)c1c(F)cccc1F. The normalized spacial score (nSPS) is 16.4. The van der Waals surface area contributed by atoms with Crippen molar-refractivity contribution in [1.29, 1.82) is 0 Å². The first kappa shape index (κ1) is 19.7. The van der Waals surface area contributed by atoms with Gasteiger partial charge in [-0.25, -0.2) is 13.6 Å². The number of carbonyl (C=O) groups is 2. The van der Waals surface area contributed by atoms with Gasteiger partial charge in [0.2, 0.25) is 0 Å². The minimum absolute atomic E-state index is 0.531. The minimum Gasteiger partial charge on any atom is -0.386 e. The van der Waals surface area contributed by atoms with Crippen LogP contribution >= 0.6 is 0 Å². The van der Waals surface area contributed by atoms with Crippen molar-refractivity contribution in [3.05, 3.63) is 107 Å². The van der Waals surface area contributed by atoms with Crippen LogP contribution in [0.15, 0.2) is 78.9 Å². The fraction of sp³-hybridized carbons (Fsp3) is 0.130. The Morgan fingerprint density at radius 2 is 1.33 bits per heavy atom. The number of aliphatic hydroxyl groups excluding tert-OH is 1. The molecular formula is C23H18F2N2O3. The zero-order valence-corrected chi connectivity index (χ0v) is 15.8. The average molecular weight is 408 g/mol. The van der Waals surface area contributed by atoms with Crippen LogP contribution in [0.2, 0.25) is 0 Å². The Bertz CT molecular complexity index is 1030. The second-order valence-electron chi connectivity index (χ2n) is 6.98. The monoisotopic (exact) mass is 408 g/mol. The van der Waals surface area contributed by atoms with Crippen molar-refractivity contribution in [1.82, 2.24) is 10.2 Å². The van der Waals surface area contributed by atoms with Crippen molar-refractivity contribution in [2.45, 2.75) is 11.6 Å². The lowest BCUT2D eigenvalue weighted by Crippen LogP contribution is -2.45. The molecule has 1 heterocycles. The number of nitrogens with one attached hydrogen (secondary N) is 1. The van der Waals surface area contributed by atoms with Crippen LogP contribution in [0.1, 0.15) is 22.8 Å². The van der Waals surface area contributed by atoms with Crippen LogP contribution < -0.4 is 5.32 Å². The Labute approximate surface area is 171 Å². The molecule has 2 N–H and O–H groups in total. The van der Waals surface area contributed by atoms with Crippen LogP contribution in [-0.2, 0) is 10.3 Å². The van der Waals surface area contributed by atoms with Gasteiger partial charge in [0.05, 0.1) is 12.1 Å². The summed E-state index contributed by atoms with van der Waals surface area (Å²) in [5.41, 5.74) is -1.03. The quantitative estimate of drug-likeness (QED) is 0.635. The third-order valence-corrected chi connectivity index (χ3v) is 5.21. The van der Waals surface area contributed by atoms with E-state index in [1.165, 1.54) is 6.07 Å². The van der Waals surface area contributed by atoms with Crippen molar-refractivity contribution in [2.24, 2.45) is 0 Å². The molecule has 0 bridgehead atoms. The Hall–Kier alpha value is -3.58. The summed E-state index contributed by atoms with van der Waals surface area (Å²) < 4.78 is 28.1. The first-order valence-electron chi connectivity index (χ1n) is 9.32. The van der Waals surface area contributed by atoms with Gasteiger partial charge in [-0.15, -0.1) is 0 Å². The lowest BCUT2D eigenvalue weighted by molar-refractivity contribution is -0.131. The number of nitrogens with zero attached hydrogens (tertiary/aromatic N) is 1. The van der Waals surface area contributed by atoms with E-state index in [0.717, 1.165) is 17.0 Å². The number of amides is 3. The van der Waals surface area contributed by atoms with Crippen LogP contribution in [0, 0.1) is 11.6 Å². The highest BCUT2D eigenvalue weighted by Crippen LogP contribution is 2.37. The molecule has 1 unspecified atom stereocenters. The van der Waals surface area contributed by atoms with Gasteiger partial charge in [-0.3, -0.25) is 9.69 Å². The lowest BCUT2D eigenvalue weighted by atomic mass is 9.82. The van der Waals surface area contributed by atoms with E-state index in [9.17, 15) is 23.5 Å². The molecule has 1 aliphatic rings. The number of hydrogen-bond donors (Lipinski definition) is 2. The number of imide groups is 1. The zero-order valence-electron chi connectivity index (χ0n) is 15.8. The highest BCUT2D eigenvalue weighted by molar-refractivity contribution is 6.09. The molecule has 0 radical (unpaired) electrons. The standard InChI is InChI=1S/C23H18F2N2O3/c24-17-12-7-13-18(25)20(17)19(28)14-27-21(29)23(26-22(27)30,15-8-3-1-4-9-15)16-10-5-2-6-11-16/h1-13,19,28H,14H2,(H,26,30). The Kier molecular flexibility index (Phi) is 5.05. The summed E-state index contributed by atoms with van der Waals surface area (Å²) in [6.07, 6.45) is -1.72.